The van der Waals surface area contributed by atoms with E-state index >= 15 is 0 Å². The van der Waals surface area contributed by atoms with Crippen molar-refractivity contribution in [1.29, 1.82) is 0 Å². The lowest BCUT2D eigenvalue weighted by Gasteiger charge is -2.12. The van der Waals surface area contributed by atoms with Gasteiger partial charge in [-0.1, -0.05) is 44.2 Å². The van der Waals surface area contributed by atoms with Gasteiger partial charge in [0.25, 0.3) is 5.91 Å². The number of hydrogen-bond acceptors (Lipinski definition) is 4. The van der Waals surface area contributed by atoms with Gasteiger partial charge in [0.1, 0.15) is 0 Å². The van der Waals surface area contributed by atoms with Crippen LogP contribution in [0.5, 0.6) is 0 Å². The molecule has 124 valence electrons. The lowest BCUT2D eigenvalue weighted by molar-refractivity contribution is -0.143. The van der Waals surface area contributed by atoms with E-state index in [1.807, 2.05) is 49.6 Å². The van der Waals surface area contributed by atoms with Gasteiger partial charge in [-0.05, 0) is 19.1 Å². The number of amides is 1. The molecule has 0 radical (unpaired) electrons. The number of nitrogens with zero attached hydrogens (tertiary/aromatic N) is 2. The number of aromatic nitrogens is 1. The van der Waals surface area contributed by atoms with Gasteiger partial charge in [-0.15, -0.1) is 0 Å². The molecule has 6 heteroatoms. The Morgan fingerprint density at radius 2 is 1.96 bits per heavy atom. The first-order valence-electron chi connectivity index (χ1n) is 7.66. The smallest absolute Gasteiger partial charge is 0.307 e. The number of rotatable bonds is 4. The van der Waals surface area contributed by atoms with Crippen molar-refractivity contribution in [3.8, 4) is 0 Å². The molecule has 0 unspecified atom stereocenters. The number of hydrogen-bond donors (Lipinski definition) is 0. The highest BCUT2D eigenvalue weighted by Crippen LogP contribution is 2.19. The van der Waals surface area contributed by atoms with Gasteiger partial charge in [-0.3, -0.25) is 9.59 Å². The molecule has 0 fully saturated rings. The van der Waals surface area contributed by atoms with Crippen LogP contribution in [0.3, 0.4) is 0 Å². The Morgan fingerprint density at radius 3 is 2.61 bits per heavy atom. The zero-order chi connectivity index (χ0) is 17.0. The van der Waals surface area contributed by atoms with Crippen molar-refractivity contribution in [3.05, 3.63) is 29.1 Å². The average molecular weight is 334 g/mol. The number of carbonyl (C=O) groups excluding carboxylic acids is 2. The number of ether oxygens (including phenoxy) is 1. The number of para-hydroxylation sites is 1. The quantitative estimate of drug-likeness (QED) is 0.807. The molecule has 5 nitrogen and oxygen atoms in total. The highest BCUT2D eigenvalue weighted by Gasteiger charge is 2.21. The summed E-state index contributed by atoms with van der Waals surface area (Å²) in [4.78, 5) is 28.8. The van der Waals surface area contributed by atoms with E-state index in [9.17, 15) is 9.59 Å². The van der Waals surface area contributed by atoms with Crippen molar-refractivity contribution in [2.75, 3.05) is 6.61 Å². The molecule has 0 bridgehead atoms. The molecule has 2 aromatic rings. The molecular formula is C17H22N2O3S. The highest BCUT2D eigenvalue weighted by atomic mass is 32.1. The molecule has 1 aromatic heterocycles. The first-order chi connectivity index (χ1) is 10.8. The average Bonchev–Trinajstić information content (AvgIpc) is 2.81. The minimum absolute atomic E-state index is 0.172. The number of aryl methyl sites for hydroxylation is 1. The lowest BCUT2D eigenvalue weighted by Crippen LogP contribution is -2.24. The molecule has 0 atom stereocenters. The standard InChI is InChI=1S/C17H22N2O3S/c1-5-22-14(20)10-11-19-12-8-6-7-9-13(12)23-16(19)18-15(21)17(2,3)4/h6-9H,5,10-11H2,1-4H3. The highest BCUT2D eigenvalue weighted by molar-refractivity contribution is 7.16. The normalized spacial score (nSPS) is 12.6. The van der Waals surface area contributed by atoms with E-state index in [4.69, 9.17) is 4.74 Å². The molecule has 2 rings (SSSR count). The van der Waals surface area contributed by atoms with Gasteiger partial charge in [0.05, 0.1) is 23.2 Å². The fourth-order valence-corrected chi connectivity index (χ4v) is 3.07. The van der Waals surface area contributed by atoms with Gasteiger partial charge in [-0.25, -0.2) is 0 Å². The predicted octanol–water partition coefficient (Wildman–Crippen LogP) is 3.13. The fraction of sp³-hybridized carbons (Fsp3) is 0.471. The summed E-state index contributed by atoms with van der Waals surface area (Å²) < 4.78 is 7.94. The van der Waals surface area contributed by atoms with Gasteiger partial charge in [0.2, 0.25) is 0 Å². The minimum Gasteiger partial charge on any atom is -0.466 e. The van der Waals surface area contributed by atoms with Crippen LogP contribution >= 0.6 is 11.3 Å². The van der Waals surface area contributed by atoms with Crippen LogP contribution in [0.4, 0.5) is 0 Å². The third-order valence-electron chi connectivity index (χ3n) is 3.27. The van der Waals surface area contributed by atoms with Crippen molar-refractivity contribution in [1.82, 2.24) is 4.57 Å². The van der Waals surface area contributed by atoms with Crippen molar-refractivity contribution < 1.29 is 14.3 Å². The SMILES string of the molecule is CCOC(=O)CCn1c(=NC(=O)C(C)(C)C)sc2ccccc21. The molecule has 23 heavy (non-hydrogen) atoms. The number of thiazole rings is 1. The maximum absolute atomic E-state index is 12.2. The summed E-state index contributed by atoms with van der Waals surface area (Å²) in [5.74, 6) is -0.419. The summed E-state index contributed by atoms with van der Waals surface area (Å²) in [6.07, 6.45) is 0.255. The van der Waals surface area contributed by atoms with Gasteiger partial charge < -0.3 is 9.30 Å². The maximum Gasteiger partial charge on any atom is 0.307 e. The molecule has 0 saturated heterocycles. The Balaban J connectivity index is 2.43. The number of carbonyl (C=O) groups is 2. The Kier molecular flexibility index (Phi) is 5.36. The number of esters is 1. The summed E-state index contributed by atoms with van der Waals surface area (Å²) in [5, 5.41) is 0. The first kappa shape index (κ1) is 17.4. The third-order valence-corrected chi connectivity index (χ3v) is 4.33. The van der Waals surface area contributed by atoms with Crippen LogP contribution in [-0.4, -0.2) is 23.1 Å². The minimum atomic E-state index is -0.533. The molecule has 0 N–H and O–H groups in total. The van der Waals surface area contributed by atoms with Gasteiger partial charge in [0, 0.05) is 12.0 Å². The van der Waals surface area contributed by atoms with E-state index in [0.29, 0.717) is 18.0 Å². The molecule has 1 heterocycles. The van der Waals surface area contributed by atoms with Crippen LogP contribution < -0.4 is 4.80 Å². The summed E-state index contributed by atoms with van der Waals surface area (Å²) in [6.45, 7) is 8.12. The van der Waals surface area contributed by atoms with Gasteiger partial charge in [-0.2, -0.15) is 4.99 Å². The lowest BCUT2D eigenvalue weighted by atomic mass is 9.96. The Labute approximate surface area is 139 Å². The van der Waals surface area contributed by atoms with Crippen molar-refractivity contribution >= 4 is 33.4 Å². The molecular weight excluding hydrogens is 312 g/mol. The molecule has 1 amide bonds. The summed E-state index contributed by atoms with van der Waals surface area (Å²) in [6, 6.07) is 7.84. The van der Waals surface area contributed by atoms with Crippen molar-refractivity contribution in [3.63, 3.8) is 0 Å². The van der Waals surface area contributed by atoms with Crippen LogP contribution in [0.2, 0.25) is 0 Å². The van der Waals surface area contributed by atoms with Gasteiger partial charge >= 0.3 is 5.97 Å². The van der Waals surface area contributed by atoms with E-state index in [1.54, 1.807) is 6.92 Å². The molecule has 0 aliphatic carbocycles. The number of benzene rings is 1. The summed E-state index contributed by atoms with van der Waals surface area (Å²) >= 11 is 1.46. The van der Waals surface area contributed by atoms with E-state index in [1.165, 1.54) is 11.3 Å². The predicted molar refractivity (Wildman–Crippen MR) is 91.1 cm³/mol. The van der Waals surface area contributed by atoms with E-state index in [0.717, 1.165) is 10.2 Å². The Bertz CT molecular complexity index is 781. The van der Waals surface area contributed by atoms with Crippen LogP contribution in [0.25, 0.3) is 10.2 Å². The largest absolute Gasteiger partial charge is 0.466 e. The van der Waals surface area contributed by atoms with Crippen LogP contribution in [-0.2, 0) is 20.9 Å². The molecule has 0 aliphatic rings. The third kappa shape index (κ3) is 4.28. The van der Waals surface area contributed by atoms with Crippen LogP contribution in [0.15, 0.2) is 29.3 Å². The van der Waals surface area contributed by atoms with E-state index in [2.05, 4.69) is 4.99 Å². The summed E-state index contributed by atoms with van der Waals surface area (Å²) in [5.41, 5.74) is 0.442. The second kappa shape index (κ2) is 7.08. The maximum atomic E-state index is 12.2. The zero-order valence-electron chi connectivity index (χ0n) is 14.0. The van der Waals surface area contributed by atoms with E-state index < -0.39 is 5.41 Å². The molecule has 0 saturated carbocycles. The molecule has 1 aromatic carbocycles. The molecule has 0 aliphatic heterocycles. The zero-order valence-corrected chi connectivity index (χ0v) is 14.8. The molecule has 0 spiro atoms. The second-order valence-corrected chi connectivity index (χ2v) is 7.24. The van der Waals surface area contributed by atoms with Gasteiger partial charge in [0.15, 0.2) is 4.80 Å². The van der Waals surface area contributed by atoms with Crippen LogP contribution in [0.1, 0.15) is 34.1 Å². The second-order valence-electron chi connectivity index (χ2n) is 6.23. The Hall–Kier alpha value is -1.95. The fourth-order valence-electron chi connectivity index (χ4n) is 2.01. The monoisotopic (exact) mass is 334 g/mol. The Morgan fingerprint density at radius 1 is 1.26 bits per heavy atom. The summed E-state index contributed by atoms with van der Waals surface area (Å²) in [7, 11) is 0. The first-order valence-corrected chi connectivity index (χ1v) is 8.47. The van der Waals surface area contributed by atoms with Crippen molar-refractivity contribution in [2.45, 2.75) is 40.7 Å². The topological polar surface area (TPSA) is 60.7 Å². The number of fused-ring (bicyclic) bond motifs is 1. The van der Waals surface area contributed by atoms with Crippen molar-refractivity contribution in [2.24, 2.45) is 10.4 Å². The van der Waals surface area contributed by atoms with Crippen LogP contribution in [0, 0.1) is 5.41 Å². The van der Waals surface area contributed by atoms with E-state index in [-0.39, 0.29) is 18.3 Å².